The van der Waals surface area contributed by atoms with Crippen molar-refractivity contribution in [3.63, 3.8) is 0 Å². The van der Waals surface area contributed by atoms with Crippen LogP contribution >= 0.6 is 0 Å². The second-order valence-corrected chi connectivity index (χ2v) is 11.1. The second kappa shape index (κ2) is 7.70. The summed E-state index contributed by atoms with van der Waals surface area (Å²) in [6, 6.07) is 0. The molecule has 1 unspecified atom stereocenters. The van der Waals surface area contributed by atoms with Gasteiger partial charge in [-0.25, -0.2) is 4.68 Å². The third-order valence-corrected chi connectivity index (χ3v) is 9.70. The number of fused-ring (bicyclic) bond motifs is 5. The highest BCUT2D eigenvalue weighted by atomic mass is 16.5. The number of ether oxygens (including phenoxy) is 1. The van der Waals surface area contributed by atoms with Crippen LogP contribution in [0, 0.1) is 40.9 Å². The number of methoxy groups -OCH3 is 1. The van der Waals surface area contributed by atoms with Crippen molar-refractivity contribution in [3.8, 4) is 0 Å². The van der Waals surface area contributed by atoms with Gasteiger partial charge in [0.25, 0.3) is 0 Å². The molecule has 8 atom stereocenters. The van der Waals surface area contributed by atoms with Crippen LogP contribution in [-0.4, -0.2) is 45.2 Å². The Morgan fingerprint density at radius 2 is 1.97 bits per heavy atom. The molecular weight excluding hydrogens is 378 g/mol. The Hall–Kier alpha value is -1.27. The summed E-state index contributed by atoms with van der Waals surface area (Å²) in [6.07, 6.45) is 13.6. The zero-order valence-corrected chi connectivity index (χ0v) is 18.5. The van der Waals surface area contributed by atoms with E-state index >= 15 is 0 Å². The molecule has 4 fully saturated rings. The molecule has 1 aromatic heterocycles. The maximum absolute atomic E-state index is 13.2. The minimum absolute atomic E-state index is 0.150. The Morgan fingerprint density at radius 3 is 2.73 bits per heavy atom. The van der Waals surface area contributed by atoms with Crippen LogP contribution in [0.5, 0.6) is 0 Å². The van der Waals surface area contributed by atoms with E-state index in [1.54, 1.807) is 24.2 Å². The summed E-state index contributed by atoms with van der Waals surface area (Å²) in [4.78, 5) is 13.2. The van der Waals surface area contributed by atoms with Gasteiger partial charge in [0.15, 0.2) is 5.78 Å². The Labute approximate surface area is 179 Å². The first-order valence-electron chi connectivity index (χ1n) is 12.0. The Kier molecular flexibility index (Phi) is 5.29. The number of carbonyl (C=O) groups excluding carboxylic acids is 1. The van der Waals surface area contributed by atoms with Gasteiger partial charge in [-0.2, -0.15) is 0 Å². The van der Waals surface area contributed by atoms with E-state index in [1.807, 2.05) is 0 Å². The van der Waals surface area contributed by atoms with E-state index in [-0.39, 0.29) is 11.3 Å². The predicted molar refractivity (Wildman–Crippen MR) is 112 cm³/mol. The number of hydrogen-bond acceptors (Lipinski definition) is 5. The molecule has 1 heterocycles. The maximum Gasteiger partial charge on any atom is 0.157 e. The highest BCUT2D eigenvalue weighted by molar-refractivity contribution is 5.82. The fourth-order valence-corrected chi connectivity index (χ4v) is 8.48. The molecule has 0 saturated heterocycles. The van der Waals surface area contributed by atoms with Crippen LogP contribution in [0.15, 0.2) is 12.4 Å². The molecule has 30 heavy (non-hydrogen) atoms. The molecule has 166 valence electrons. The van der Waals surface area contributed by atoms with Crippen LogP contribution in [0.2, 0.25) is 0 Å². The summed E-state index contributed by atoms with van der Waals surface area (Å²) in [5, 5.41) is 18.8. The lowest BCUT2D eigenvalue weighted by atomic mass is 9.49. The van der Waals surface area contributed by atoms with E-state index in [9.17, 15) is 9.90 Å². The number of ketones is 1. The molecule has 4 aliphatic rings. The number of carbonyl (C=O) groups is 1. The monoisotopic (exact) mass is 415 g/mol. The van der Waals surface area contributed by atoms with Crippen molar-refractivity contribution in [1.82, 2.24) is 15.0 Å². The van der Waals surface area contributed by atoms with Crippen molar-refractivity contribution in [2.24, 2.45) is 40.9 Å². The molecule has 0 bridgehead atoms. The Morgan fingerprint density at radius 1 is 1.13 bits per heavy atom. The first kappa shape index (κ1) is 20.6. The van der Waals surface area contributed by atoms with Gasteiger partial charge in [-0.1, -0.05) is 12.1 Å². The highest BCUT2D eigenvalue weighted by Gasteiger charge is 2.58. The van der Waals surface area contributed by atoms with Crippen LogP contribution in [0.1, 0.15) is 64.7 Å². The number of nitrogens with zero attached hydrogens (tertiary/aromatic N) is 3. The molecule has 5 rings (SSSR count). The molecule has 1 aromatic rings. The second-order valence-electron chi connectivity index (χ2n) is 11.1. The summed E-state index contributed by atoms with van der Waals surface area (Å²) >= 11 is 0. The molecule has 0 aliphatic heterocycles. The van der Waals surface area contributed by atoms with E-state index in [4.69, 9.17) is 4.74 Å². The van der Waals surface area contributed by atoms with Crippen molar-refractivity contribution in [3.05, 3.63) is 12.4 Å². The van der Waals surface area contributed by atoms with Gasteiger partial charge in [-0.15, -0.1) is 5.10 Å². The van der Waals surface area contributed by atoms with Gasteiger partial charge in [-0.3, -0.25) is 4.79 Å². The molecule has 1 N–H and O–H groups in total. The van der Waals surface area contributed by atoms with Gasteiger partial charge in [0.05, 0.1) is 18.4 Å². The molecule has 0 spiro atoms. The standard InChI is InChI=1S/C24H37N3O3/c1-23-9-7-18-17-8-10-24(29,15-30-2)13-16(17)3-4-19(18)20(23)5-6-21(23)22(28)14-27-12-11-25-26-27/h11-12,16-21,29H,3-10,13-15H2,1-2H3/t16-,17+,18-,19-,20+,21?,23+,24-/m1/s1. The van der Waals surface area contributed by atoms with Crippen molar-refractivity contribution in [2.45, 2.75) is 76.9 Å². The van der Waals surface area contributed by atoms with Gasteiger partial charge in [0.2, 0.25) is 0 Å². The van der Waals surface area contributed by atoms with Crippen LogP contribution < -0.4 is 0 Å². The number of aliphatic hydroxyl groups is 1. The van der Waals surface area contributed by atoms with Gasteiger partial charge < -0.3 is 9.84 Å². The van der Waals surface area contributed by atoms with E-state index in [2.05, 4.69) is 17.2 Å². The normalized spacial score (nSPS) is 45.4. The number of aromatic nitrogens is 3. The fraction of sp³-hybridized carbons (Fsp3) is 0.875. The van der Waals surface area contributed by atoms with Gasteiger partial charge in [0.1, 0.15) is 6.54 Å². The topological polar surface area (TPSA) is 77.2 Å². The molecule has 6 nitrogen and oxygen atoms in total. The molecule has 0 radical (unpaired) electrons. The largest absolute Gasteiger partial charge is 0.387 e. The predicted octanol–water partition coefficient (Wildman–Crippen LogP) is 3.49. The number of rotatable bonds is 5. The zero-order valence-electron chi connectivity index (χ0n) is 18.5. The lowest BCUT2D eigenvalue weighted by Crippen LogP contribution is -2.52. The average Bonchev–Trinajstić information content (AvgIpc) is 3.34. The average molecular weight is 416 g/mol. The minimum Gasteiger partial charge on any atom is -0.387 e. The van der Waals surface area contributed by atoms with Gasteiger partial charge >= 0.3 is 0 Å². The fourth-order valence-electron chi connectivity index (χ4n) is 8.48. The van der Waals surface area contributed by atoms with E-state index in [1.165, 1.54) is 32.1 Å². The molecule has 0 aromatic carbocycles. The lowest BCUT2D eigenvalue weighted by Gasteiger charge is -2.57. The summed E-state index contributed by atoms with van der Waals surface area (Å²) in [5.41, 5.74) is -0.463. The van der Waals surface area contributed by atoms with E-state index in [0.717, 1.165) is 43.4 Å². The van der Waals surface area contributed by atoms with Crippen LogP contribution in [-0.2, 0) is 16.1 Å². The number of hydrogen-bond donors (Lipinski definition) is 1. The van der Waals surface area contributed by atoms with Gasteiger partial charge in [0, 0.05) is 19.2 Å². The Bertz CT molecular complexity index is 768. The van der Waals surface area contributed by atoms with Crippen molar-refractivity contribution >= 4 is 5.78 Å². The zero-order chi connectivity index (χ0) is 20.9. The maximum atomic E-state index is 13.2. The SMILES string of the molecule is COC[C@@]1(O)CC[C@H]2[C@H](CC[C@@H]3[C@@H]2CC[C@]2(C)C(C(=O)Cn4ccnn4)CC[C@@H]32)C1. The Balaban J connectivity index is 1.29. The highest BCUT2D eigenvalue weighted by Crippen LogP contribution is 2.64. The smallest absolute Gasteiger partial charge is 0.157 e. The first-order chi connectivity index (χ1) is 14.4. The van der Waals surface area contributed by atoms with Gasteiger partial charge in [-0.05, 0) is 92.8 Å². The molecule has 4 aliphatic carbocycles. The summed E-state index contributed by atoms with van der Waals surface area (Å²) in [7, 11) is 1.70. The van der Waals surface area contributed by atoms with Crippen LogP contribution in [0.25, 0.3) is 0 Å². The number of Topliss-reactive ketones (excluding diaryl/α,β-unsaturated/α-hetero) is 1. The summed E-state index contributed by atoms with van der Waals surface area (Å²) < 4.78 is 7.00. The van der Waals surface area contributed by atoms with Crippen LogP contribution in [0.3, 0.4) is 0 Å². The minimum atomic E-state index is -0.613. The lowest BCUT2D eigenvalue weighted by molar-refractivity contribution is -0.136. The summed E-state index contributed by atoms with van der Waals surface area (Å²) in [6.45, 7) is 3.25. The molecule has 4 saturated carbocycles. The van der Waals surface area contributed by atoms with Crippen molar-refractivity contribution in [2.75, 3.05) is 13.7 Å². The quantitative estimate of drug-likeness (QED) is 0.796. The molecule has 6 heteroatoms. The molecular formula is C24H37N3O3. The van der Waals surface area contributed by atoms with Crippen molar-refractivity contribution < 1.29 is 14.6 Å². The van der Waals surface area contributed by atoms with Crippen LogP contribution in [0.4, 0.5) is 0 Å². The van der Waals surface area contributed by atoms with Crippen molar-refractivity contribution in [1.29, 1.82) is 0 Å². The third-order valence-electron chi connectivity index (χ3n) is 9.70. The third kappa shape index (κ3) is 3.35. The first-order valence-corrected chi connectivity index (χ1v) is 12.0. The molecule has 0 amide bonds. The van der Waals surface area contributed by atoms with E-state index < -0.39 is 5.60 Å². The van der Waals surface area contributed by atoms with E-state index in [0.29, 0.717) is 30.8 Å². The summed E-state index contributed by atoms with van der Waals surface area (Å²) in [5.74, 6) is 4.16.